The second-order valence-electron chi connectivity index (χ2n) is 2.95. The SMILES string of the molecule is C=C(C(=C)/C(C)=C/C=N)/C(C)=C\C. The predicted octanol–water partition coefficient (Wildman–Crippen LogP) is 3.66. The Balaban J connectivity index is 4.73. The summed E-state index contributed by atoms with van der Waals surface area (Å²) in [7, 11) is 0. The van der Waals surface area contributed by atoms with Gasteiger partial charge >= 0.3 is 0 Å². The summed E-state index contributed by atoms with van der Waals surface area (Å²) in [4.78, 5) is 0. The van der Waals surface area contributed by atoms with Crippen molar-refractivity contribution in [2.24, 2.45) is 0 Å². The highest BCUT2D eigenvalue weighted by atomic mass is 14.3. The molecule has 0 saturated carbocycles. The molecular formula is C12H17N. The minimum atomic E-state index is 0.902. The van der Waals surface area contributed by atoms with E-state index in [4.69, 9.17) is 5.41 Å². The molecule has 0 radical (unpaired) electrons. The molecule has 13 heavy (non-hydrogen) atoms. The first-order chi connectivity index (χ1) is 6.04. The van der Waals surface area contributed by atoms with E-state index in [1.165, 1.54) is 6.21 Å². The molecular weight excluding hydrogens is 158 g/mol. The maximum atomic E-state index is 6.93. The van der Waals surface area contributed by atoms with Crippen LogP contribution in [-0.4, -0.2) is 6.21 Å². The van der Waals surface area contributed by atoms with Gasteiger partial charge in [-0.25, -0.2) is 0 Å². The van der Waals surface area contributed by atoms with E-state index in [9.17, 15) is 0 Å². The fourth-order valence-corrected chi connectivity index (χ4v) is 0.876. The van der Waals surface area contributed by atoms with E-state index in [1.807, 2.05) is 26.8 Å². The Labute approximate surface area is 80.7 Å². The topological polar surface area (TPSA) is 23.9 Å². The van der Waals surface area contributed by atoms with Gasteiger partial charge in [0, 0.05) is 6.21 Å². The van der Waals surface area contributed by atoms with Crippen molar-refractivity contribution in [2.75, 3.05) is 0 Å². The second-order valence-corrected chi connectivity index (χ2v) is 2.95. The maximum Gasteiger partial charge on any atom is 0.0180 e. The van der Waals surface area contributed by atoms with Gasteiger partial charge in [0.15, 0.2) is 0 Å². The highest BCUT2D eigenvalue weighted by molar-refractivity contribution is 5.71. The summed E-state index contributed by atoms with van der Waals surface area (Å²) in [6, 6.07) is 0. The van der Waals surface area contributed by atoms with Crippen LogP contribution in [0.5, 0.6) is 0 Å². The summed E-state index contributed by atoms with van der Waals surface area (Å²) in [6.07, 6.45) is 4.99. The van der Waals surface area contributed by atoms with E-state index in [2.05, 4.69) is 13.2 Å². The van der Waals surface area contributed by atoms with Gasteiger partial charge in [-0.1, -0.05) is 19.2 Å². The zero-order valence-electron chi connectivity index (χ0n) is 8.65. The van der Waals surface area contributed by atoms with Crippen molar-refractivity contribution in [1.29, 1.82) is 5.41 Å². The molecule has 0 fully saturated rings. The second kappa shape index (κ2) is 5.31. The van der Waals surface area contributed by atoms with Gasteiger partial charge < -0.3 is 5.41 Å². The van der Waals surface area contributed by atoms with Crippen LogP contribution in [0, 0.1) is 5.41 Å². The maximum absolute atomic E-state index is 6.93. The van der Waals surface area contributed by atoms with Gasteiger partial charge in [-0.2, -0.15) is 0 Å². The molecule has 0 bridgehead atoms. The average Bonchev–Trinajstić information content (AvgIpc) is 2.14. The minimum absolute atomic E-state index is 0.902. The molecule has 0 aliphatic heterocycles. The van der Waals surface area contributed by atoms with Crippen LogP contribution in [0.3, 0.4) is 0 Å². The zero-order valence-corrected chi connectivity index (χ0v) is 8.65. The average molecular weight is 175 g/mol. The third-order valence-electron chi connectivity index (χ3n) is 2.08. The first-order valence-corrected chi connectivity index (χ1v) is 4.23. The number of nitrogens with one attached hydrogen (secondary N) is 1. The van der Waals surface area contributed by atoms with Gasteiger partial charge in [0.05, 0.1) is 0 Å². The Morgan fingerprint density at radius 1 is 1.08 bits per heavy atom. The molecule has 0 aromatic heterocycles. The van der Waals surface area contributed by atoms with Crippen molar-refractivity contribution in [3.63, 3.8) is 0 Å². The van der Waals surface area contributed by atoms with E-state index >= 15 is 0 Å². The van der Waals surface area contributed by atoms with Crippen molar-refractivity contribution >= 4 is 6.21 Å². The smallest absolute Gasteiger partial charge is 0.0180 e. The third-order valence-corrected chi connectivity index (χ3v) is 2.08. The van der Waals surface area contributed by atoms with Gasteiger partial charge in [-0.05, 0) is 49.1 Å². The van der Waals surface area contributed by atoms with Crippen LogP contribution in [0.15, 0.2) is 47.6 Å². The Morgan fingerprint density at radius 2 is 1.54 bits per heavy atom. The summed E-state index contributed by atoms with van der Waals surface area (Å²) < 4.78 is 0. The standard InChI is InChI=1S/C12H17N/c1-6-9(2)11(4)12(5)10(3)7-8-13/h6-8,13H,4-5H2,1-3H3/b9-6-,10-7+,13-8?. The van der Waals surface area contributed by atoms with E-state index in [-0.39, 0.29) is 0 Å². The monoisotopic (exact) mass is 175 g/mol. The molecule has 1 heteroatoms. The van der Waals surface area contributed by atoms with E-state index < -0.39 is 0 Å². The van der Waals surface area contributed by atoms with Gasteiger partial charge in [0.2, 0.25) is 0 Å². The summed E-state index contributed by atoms with van der Waals surface area (Å²) in [5, 5.41) is 6.93. The van der Waals surface area contributed by atoms with Crippen LogP contribution in [0.25, 0.3) is 0 Å². The molecule has 0 aromatic rings. The molecule has 0 spiro atoms. The molecule has 0 heterocycles. The first kappa shape index (κ1) is 11.6. The number of allylic oxidation sites excluding steroid dienone is 6. The van der Waals surface area contributed by atoms with Crippen molar-refractivity contribution in [1.82, 2.24) is 0 Å². The number of rotatable bonds is 4. The molecule has 70 valence electrons. The lowest BCUT2D eigenvalue weighted by atomic mass is 9.96. The van der Waals surface area contributed by atoms with Crippen LogP contribution < -0.4 is 0 Å². The van der Waals surface area contributed by atoms with Gasteiger partial charge in [-0.15, -0.1) is 0 Å². The Kier molecular flexibility index (Phi) is 4.75. The molecule has 0 saturated heterocycles. The van der Waals surface area contributed by atoms with Crippen LogP contribution in [0.1, 0.15) is 20.8 Å². The molecule has 0 aromatic carbocycles. The number of hydrogen-bond acceptors (Lipinski definition) is 1. The zero-order chi connectivity index (χ0) is 10.4. The summed E-state index contributed by atoms with van der Waals surface area (Å²) >= 11 is 0. The molecule has 0 aliphatic carbocycles. The lowest BCUT2D eigenvalue weighted by molar-refractivity contribution is 1.32. The van der Waals surface area contributed by atoms with Gasteiger partial charge in [-0.3, -0.25) is 0 Å². The molecule has 1 N–H and O–H groups in total. The molecule has 1 nitrogen and oxygen atoms in total. The van der Waals surface area contributed by atoms with Crippen molar-refractivity contribution in [2.45, 2.75) is 20.8 Å². The van der Waals surface area contributed by atoms with Crippen LogP contribution >= 0.6 is 0 Å². The lowest BCUT2D eigenvalue weighted by Crippen LogP contribution is -1.90. The molecule has 0 rings (SSSR count). The predicted molar refractivity (Wildman–Crippen MR) is 60.3 cm³/mol. The van der Waals surface area contributed by atoms with Crippen molar-refractivity contribution < 1.29 is 0 Å². The lowest BCUT2D eigenvalue weighted by Gasteiger charge is -2.09. The Hall–Kier alpha value is -1.37. The fraction of sp³-hybridized carbons (Fsp3) is 0.250. The van der Waals surface area contributed by atoms with E-state index in [1.54, 1.807) is 6.08 Å². The Bertz CT molecular complexity index is 290. The Morgan fingerprint density at radius 3 is 1.92 bits per heavy atom. The number of hydrogen-bond donors (Lipinski definition) is 1. The highest BCUT2D eigenvalue weighted by Crippen LogP contribution is 2.21. The van der Waals surface area contributed by atoms with Gasteiger partial charge in [0.1, 0.15) is 0 Å². The molecule has 0 atom stereocenters. The quantitative estimate of drug-likeness (QED) is 0.498. The third kappa shape index (κ3) is 3.24. The molecule has 0 unspecified atom stereocenters. The summed E-state index contributed by atoms with van der Waals surface area (Å²) in [5.74, 6) is 0. The summed E-state index contributed by atoms with van der Waals surface area (Å²) in [5.41, 5.74) is 3.96. The summed E-state index contributed by atoms with van der Waals surface area (Å²) in [6.45, 7) is 13.8. The highest BCUT2D eigenvalue weighted by Gasteiger charge is 2.02. The normalized spacial score (nSPS) is 12.5. The van der Waals surface area contributed by atoms with Gasteiger partial charge in [0.25, 0.3) is 0 Å². The van der Waals surface area contributed by atoms with Crippen molar-refractivity contribution in [3.05, 3.63) is 47.6 Å². The van der Waals surface area contributed by atoms with E-state index in [0.29, 0.717) is 0 Å². The fourth-order valence-electron chi connectivity index (χ4n) is 0.876. The van der Waals surface area contributed by atoms with Crippen LogP contribution in [0.2, 0.25) is 0 Å². The minimum Gasteiger partial charge on any atom is -0.309 e. The van der Waals surface area contributed by atoms with E-state index in [0.717, 1.165) is 22.3 Å². The molecule has 0 amide bonds. The van der Waals surface area contributed by atoms with Crippen LogP contribution in [-0.2, 0) is 0 Å². The molecule has 0 aliphatic rings. The van der Waals surface area contributed by atoms with Crippen molar-refractivity contribution in [3.8, 4) is 0 Å². The first-order valence-electron chi connectivity index (χ1n) is 4.23. The van der Waals surface area contributed by atoms with Crippen LogP contribution in [0.4, 0.5) is 0 Å². The largest absolute Gasteiger partial charge is 0.309 e.